The van der Waals surface area contributed by atoms with Crippen molar-refractivity contribution < 1.29 is 19.4 Å². The van der Waals surface area contributed by atoms with Gasteiger partial charge in [-0.2, -0.15) is 0 Å². The number of carbonyl (C=O) groups excluding carboxylic acids is 2. The first-order valence-electron chi connectivity index (χ1n) is 7.92. The lowest BCUT2D eigenvalue weighted by atomic mass is 9.94. The Morgan fingerprint density at radius 2 is 1.96 bits per heavy atom. The highest BCUT2D eigenvalue weighted by Crippen LogP contribution is 2.28. The second-order valence-electron chi connectivity index (χ2n) is 7.20. The first-order chi connectivity index (χ1) is 10.7. The lowest BCUT2D eigenvalue weighted by Crippen LogP contribution is -2.48. The number of nitrogens with zero attached hydrogens (tertiary/aromatic N) is 1. The normalized spacial score (nSPS) is 21.3. The van der Waals surface area contributed by atoms with Gasteiger partial charge >= 0.3 is 6.09 Å². The van der Waals surface area contributed by atoms with Crippen LogP contribution in [0.25, 0.3) is 0 Å². The summed E-state index contributed by atoms with van der Waals surface area (Å²) >= 11 is 0. The number of hydrogen-bond donors (Lipinski definition) is 0. The molecule has 0 aliphatic carbocycles. The zero-order valence-electron chi connectivity index (χ0n) is 14.2. The van der Waals surface area contributed by atoms with Gasteiger partial charge < -0.3 is 14.6 Å². The van der Waals surface area contributed by atoms with Gasteiger partial charge in [0.15, 0.2) is 0 Å². The van der Waals surface area contributed by atoms with Gasteiger partial charge in [0.05, 0.1) is 12.0 Å². The molecule has 0 aromatic heterocycles. The van der Waals surface area contributed by atoms with E-state index >= 15 is 0 Å². The summed E-state index contributed by atoms with van der Waals surface area (Å²) in [6.45, 7) is 7.70. The maximum Gasteiger partial charge on any atom is 0.410 e. The predicted molar refractivity (Wildman–Crippen MR) is 84.7 cm³/mol. The minimum Gasteiger partial charge on any atom is -0.548 e. The van der Waals surface area contributed by atoms with Crippen molar-refractivity contribution in [1.29, 1.82) is 0 Å². The second-order valence-corrected chi connectivity index (χ2v) is 7.20. The quantitative estimate of drug-likeness (QED) is 0.853. The van der Waals surface area contributed by atoms with E-state index in [1.54, 1.807) is 20.8 Å². The van der Waals surface area contributed by atoms with Crippen LogP contribution in [-0.2, 0) is 16.0 Å². The molecule has 23 heavy (non-hydrogen) atoms. The van der Waals surface area contributed by atoms with Crippen LogP contribution in [-0.4, -0.2) is 35.2 Å². The molecule has 2 atom stereocenters. The number of amides is 1. The fourth-order valence-corrected chi connectivity index (χ4v) is 2.97. The van der Waals surface area contributed by atoms with Crippen LogP contribution in [0.5, 0.6) is 0 Å². The van der Waals surface area contributed by atoms with E-state index in [1.807, 2.05) is 31.2 Å². The van der Waals surface area contributed by atoms with Gasteiger partial charge in [0.2, 0.25) is 0 Å². The third-order valence-electron chi connectivity index (χ3n) is 4.06. The van der Waals surface area contributed by atoms with Gasteiger partial charge in [0, 0.05) is 6.54 Å². The van der Waals surface area contributed by atoms with E-state index in [9.17, 15) is 14.7 Å². The van der Waals surface area contributed by atoms with Crippen LogP contribution in [0.3, 0.4) is 0 Å². The molecule has 0 N–H and O–H groups in total. The summed E-state index contributed by atoms with van der Waals surface area (Å²) in [5.41, 5.74) is 1.70. The van der Waals surface area contributed by atoms with Crippen LogP contribution in [0.2, 0.25) is 0 Å². The Hall–Kier alpha value is -2.04. The molecule has 1 aliphatic heterocycles. The largest absolute Gasteiger partial charge is 0.548 e. The summed E-state index contributed by atoms with van der Waals surface area (Å²) in [5, 5.41) is 11.4. The number of hydrogen-bond acceptors (Lipinski definition) is 4. The molecule has 0 saturated carbocycles. The highest BCUT2D eigenvalue weighted by atomic mass is 16.6. The molecule has 1 saturated heterocycles. The van der Waals surface area contributed by atoms with E-state index in [2.05, 4.69) is 0 Å². The Morgan fingerprint density at radius 3 is 2.52 bits per heavy atom. The van der Waals surface area contributed by atoms with Crippen molar-refractivity contribution in [3.63, 3.8) is 0 Å². The fourth-order valence-electron chi connectivity index (χ4n) is 2.97. The third-order valence-corrected chi connectivity index (χ3v) is 4.06. The first kappa shape index (κ1) is 17.3. The van der Waals surface area contributed by atoms with Crippen molar-refractivity contribution >= 4 is 12.1 Å². The molecule has 126 valence electrons. The van der Waals surface area contributed by atoms with Gasteiger partial charge in [0.25, 0.3) is 0 Å². The van der Waals surface area contributed by atoms with Crippen LogP contribution >= 0.6 is 0 Å². The maximum absolute atomic E-state index is 12.3. The molecule has 1 fully saturated rings. The highest BCUT2D eigenvalue weighted by Gasteiger charge is 2.38. The molecule has 5 nitrogen and oxygen atoms in total. The van der Waals surface area contributed by atoms with Gasteiger partial charge in [-0.25, -0.2) is 4.79 Å². The molecule has 0 spiro atoms. The van der Waals surface area contributed by atoms with Gasteiger partial charge in [-0.3, -0.25) is 4.90 Å². The Kier molecular flexibility index (Phi) is 4.97. The molecule has 5 heteroatoms. The molecule has 1 aromatic rings. The molecule has 0 radical (unpaired) electrons. The smallest absolute Gasteiger partial charge is 0.410 e. The number of rotatable bonds is 3. The number of benzene rings is 1. The average molecular weight is 318 g/mol. The monoisotopic (exact) mass is 318 g/mol. The topological polar surface area (TPSA) is 69.7 Å². The molecular formula is C18H24NO4-. The zero-order valence-corrected chi connectivity index (χ0v) is 14.2. The molecule has 1 aliphatic rings. The van der Waals surface area contributed by atoms with Crippen LogP contribution in [0, 0.1) is 12.8 Å². The Bertz CT molecular complexity index is 591. The lowest BCUT2D eigenvalue weighted by molar-refractivity contribution is -0.310. The number of carboxylic acid groups (broad SMARTS) is 1. The molecule has 0 unspecified atom stereocenters. The minimum atomic E-state index is -1.22. The van der Waals surface area contributed by atoms with E-state index in [0.29, 0.717) is 13.0 Å². The van der Waals surface area contributed by atoms with Crippen molar-refractivity contribution in [2.45, 2.75) is 52.2 Å². The first-order valence-corrected chi connectivity index (χ1v) is 7.92. The van der Waals surface area contributed by atoms with E-state index in [1.165, 1.54) is 16.0 Å². The van der Waals surface area contributed by atoms with Gasteiger partial charge in [0.1, 0.15) is 5.60 Å². The number of aliphatic carboxylic acids is 1. The molecule has 0 bridgehead atoms. The molecule has 1 aromatic carbocycles. The second kappa shape index (κ2) is 6.60. The summed E-state index contributed by atoms with van der Waals surface area (Å²) in [6, 6.07) is 7.11. The number of carbonyl (C=O) groups is 2. The standard InChI is InChI=1S/C18H25NO4/c1-12-7-5-6-8-14(12)9-13-10-15(16(20)21)19(11-13)17(22)23-18(2,3)4/h5-8,13,15H,9-11H2,1-4H3,(H,20,21)/p-1/t13-,15+/m1/s1. The van der Waals surface area contributed by atoms with Crippen LogP contribution in [0.1, 0.15) is 38.3 Å². The van der Waals surface area contributed by atoms with Gasteiger partial charge in [-0.05, 0) is 57.6 Å². The number of aryl methyl sites for hydroxylation is 1. The average Bonchev–Trinajstić information content (AvgIpc) is 2.84. The van der Waals surface area contributed by atoms with Crippen LogP contribution in [0.4, 0.5) is 4.79 Å². The van der Waals surface area contributed by atoms with Crippen molar-refractivity contribution in [1.82, 2.24) is 4.90 Å². The maximum atomic E-state index is 12.3. The summed E-state index contributed by atoms with van der Waals surface area (Å²) in [4.78, 5) is 24.9. The summed E-state index contributed by atoms with van der Waals surface area (Å²) in [5.74, 6) is -1.13. The van der Waals surface area contributed by atoms with Crippen LogP contribution < -0.4 is 5.11 Å². The van der Waals surface area contributed by atoms with Crippen LogP contribution in [0.15, 0.2) is 24.3 Å². The van der Waals surface area contributed by atoms with Crippen molar-refractivity contribution in [2.75, 3.05) is 6.54 Å². The van der Waals surface area contributed by atoms with E-state index < -0.39 is 23.7 Å². The summed E-state index contributed by atoms with van der Waals surface area (Å²) in [6.07, 6.45) is 0.560. The Morgan fingerprint density at radius 1 is 1.30 bits per heavy atom. The molecule has 1 amide bonds. The van der Waals surface area contributed by atoms with E-state index in [0.717, 1.165) is 6.42 Å². The van der Waals surface area contributed by atoms with Gasteiger partial charge in [-0.1, -0.05) is 24.3 Å². The zero-order chi connectivity index (χ0) is 17.2. The third kappa shape index (κ3) is 4.47. The summed E-state index contributed by atoms with van der Waals surface area (Å²) < 4.78 is 5.32. The number of ether oxygens (including phenoxy) is 1. The SMILES string of the molecule is Cc1ccccc1C[C@@H]1C[C@@H](C(=O)[O-])N(C(=O)OC(C)(C)C)C1. The number of carboxylic acids is 1. The van der Waals surface area contributed by atoms with E-state index in [4.69, 9.17) is 4.74 Å². The molecular weight excluding hydrogens is 294 g/mol. The Labute approximate surface area is 137 Å². The minimum absolute atomic E-state index is 0.0894. The lowest BCUT2D eigenvalue weighted by Gasteiger charge is -2.28. The summed E-state index contributed by atoms with van der Waals surface area (Å²) in [7, 11) is 0. The van der Waals surface area contributed by atoms with Crippen molar-refractivity contribution in [3.8, 4) is 0 Å². The van der Waals surface area contributed by atoms with Crippen molar-refractivity contribution in [2.24, 2.45) is 5.92 Å². The van der Waals surface area contributed by atoms with Gasteiger partial charge in [-0.15, -0.1) is 0 Å². The molecule has 2 rings (SSSR count). The number of likely N-dealkylation sites (tertiary alicyclic amines) is 1. The van der Waals surface area contributed by atoms with Crippen molar-refractivity contribution in [3.05, 3.63) is 35.4 Å². The Balaban J connectivity index is 2.10. The molecule has 1 heterocycles. The predicted octanol–water partition coefficient (Wildman–Crippen LogP) is 1.91. The van der Waals surface area contributed by atoms with E-state index in [-0.39, 0.29) is 5.92 Å². The fraction of sp³-hybridized carbons (Fsp3) is 0.556. The highest BCUT2D eigenvalue weighted by molar-refractivity contribution is 5.79.